The predicted molar refractivity (Wildman–Crippen MR) is 91.6 cm³/mol. The second-order valence-corrected chi connectivity index (χ2v) is 6.05. The Balaban J connectivity index is 1.58. The fourth-order valence-electron chi connectivity index (χ4n) is 2.83. The average Bonchev–Trinajstić information content (AvgIpc) is 2.94. The predicted octanol–water partition coefficient (Wildman–Crippen LogP) is 4.33. The number of hydrogen-bond acceptors (Lipinski definition) is 4. The van der Waals surface area contributed by atoms with Gasteiger partial charge in [-0.1, -0.05) is 64.7 Å². The monoisotopic (exact) mass is 303 g/mol. The minimum Gasteiger partial charge on any atom is -0.382 e. The van der Waals surface area contributed by atoms with Crippen molar-refractivity contribution in [3.63, 3.8) is 0 Å². The molecule has 5 heteroatoms. The van der Waals surface area contributed by atoms with Gasteiger partial charge in [0.25, 0.3) is 0 Å². The Hall–Kier alpha value is -1.65. The van der Waals surface area contributed by atoms with Gasteiger partial charge in [0.1, 0.15) is 11.8 Å². The molecule has 2 heterocycles. The van der Waals surface area contributed by atoms with Crippen LogP contribution in [0.2, 0.25) is 0 Å². The van der Waals surface area contributed by atoms with E-state index in [4.69, 9.17) is 5.73 Å². The lowest BCUT2D eigenvalue weighted by atomic mass is 10.1. The molecule has 122 valence electrons. The SMILES string of the molecule is CCCCCCCCCCCCn1cnc2c(N)ncnc21. The van der Waals surface area contributed by atoms with Crippen LogP contribution in [-0.2, 0) is 6.54 Å². The van der Waals surface area contributed by atoms with Gasteiger partial charge in [-0.15, -0.1) is 0 Å². The van der Waals surface area contributed by atoms with E-state index in [2.05, 4.69) is 26.4 Å². The first-order valence-corrected chi connectivity index (χ1v) is 8.74. The molecule has 0 aromatic carbocycles. The van der Waals surface area contributed by atoms with E-state index in [9.17, 15) is 0 Å². The van der Waals surface area contributed by atoms with Gasteiger partial charge in [-0.2, -0.15) is 0 Å². The normalized spacial score (nSPS) is 11.3. The zero-order valence-electron chi connectivity index (χ0n) is 13.8. The summed E-state index contributed by atoms with van der Waals surface area (Å²) in [7, 11) is 0. The first-order valence-electron chi connectivity index (χ1n) is 8.74. The number of nitrogen functional groups attached to an aromatic ring is 1. The van der Waals surface area contributed by atoms with Crippen LogP contribution >= 0.6 is 0 Å². The molecule has 2 rings (SSSR count). The quantitative estimate of drug-likeness (QED) is 0.627. The van der Waals surface area contributed by atoms with Gasteiger partial charge in [0.05, 0.1) is 6.33 Å². The van der Waals surface area contributed by atoms with Gasteiger partial charge in [-0.05, 0) is 6.42 Å². The highest BCUT2D eigenvalue weighted by Crippen LogP contribution is 2.15. The highest BCUT2D eigenvalue weighted by Gasteiger charge is 2.06. The molecule has 0 amide bonds. The van der Waals surface area contributed by atoms with Gasteiger partial charge in [0.2, 0.25) is 0 Å². The van der Waals surface area contributed by atoms with Crippen LogP contribution in [0.25, 0.3) is 11.2 Å². The molecule has 0 radical (unpaired) electrons. The number of aromatic nitrogens is 4. The summed E-state index contributed by atoms with van der Waals surface area (Å²) >= 11 is 0. The third-order valence-electron chi connectivity index (χ3n) is 4.18. The Kier molecular flexibility index (Phi) is 7.13. The van der Waals surface area contributed by atoms with Crippen molar-refractivity contribution in [2.75, 3.05) is 5.73 Å². The minimum absolute atomic E-state index is 0.465. The highest BCUT2D eigenvalue weighted by molar-refractivity contribution is 5.80. The van der Waals surface area contributed by atoms with Crippen molar-refractivity contribution >= 4 is 17.0 Å². The molecular formula is C17H29N5. The van der Waals surface area contributed by atoms with Crippen LogP contribution in [0.1, 0.15) is 71.1 Å². The third kappa shape index (κ3) is 4.97. The van der Waals surface area contributed by atoms with E-state index >= 15 is 0 Å². The molecule has 0 aliphatic heterocycles. The number of aryl methyl sites for hydroxylation is 1. The van der Waals surface area contributed by atoms with Crippen LogP contribution in [0, 0.1) is 0 Å². The van der Waals surface area contributed by atoms with E-state index in [0.29, 0.717) is 5.82 Å². The van der Waals surface area contributed by atoms with Gasteiger partial charge in [-0.3, -0.25) is 0 Å². The van der Waals surface area contributed by atoms with Crippen molar-refractivity contribution in [2.24, 2.45) is 0 Å². The van der Waals surface area contributed by atoms with Crippen LogP contribution in [0.4, 0.5) is 5.82 Å². The van der Waals surface area contributed by atoms with Crippen LogP contribution in [0.15, 0.2) is 12.7 Å². The number of nitrogens with two attached hydrogens (primary N) is 1. The molecule has 2 N–H and O–H groups in total. The van der Waals surface area contributed by atoms with Gasteiger partial charge in [0, 0.05) is 6.54 Å². The summed E-state index contributed by atoms with van der Waals surface area (Å²) < 4.78 is 2.08. The van der Waals surface area contributed by atoms with Crippen molar-refractivity contribution in [3.8, 4) is 0 Å². The average molecular weight is 303 g/mol. The van der Waals surface area contributed by atoms with E-state index in [-0.39, 0.29) is 0 Å². The fourth-order valence-corrected chi connectivity index (χ4v) is 2.83. The molecule has 0 aliphatic rings. The van der Waals surface area contributed by atoms with Gasteiger partial charge in [-0.25, -0.2) is 15.0 Å². The van der Waals surface area contributed by atoms with Crippen molar-refractivity contribution in [3.05, 3.63) is 12.7 Å². The van der Waals surface area contributed by atoms with Crippen LogP contribution in [0.3, 0.4) is 0 Å². The highest BCUT2D eigenvalue weighted by atomic mass is 15.1. The van der Waals surface area contributed by atoms with E-state index in [1.54, 1.807) is 0 Å². The number of hydrogen-bond donors (Lipinski definition) is 1. The lowest BCUT2D eigenvalue weighted by Gasteiger charge is -2.04. The summed E-state index contributed by atoms with van der Waals surface area (Å²) in [5, 5.41) is 0. The Morgan fingerprint density at radius 2 is 1.50 bits per heavy atom. The van der Waals surface area contributed by atoms with Crippen LogP contribution in [0.5, 0.6) is 0 Å². The number of unbranched alkanes of at least 4 members (excludes halogenated alkanes) is 9. The zero-order chi connectivity index (χ0) is 15.6. The van der Waals surface area contributed by atoms with Crippen molar-refractivity contribution in [2.45, 2.75) is 77.7 Å². The maximum absolute atomic E-state index is 5.80. The summed E-state index contributed by atoms with van der Waals surface area (Å²) in [6.07, 6.45) is 16.8. The Morgan fingerprint density at radius 3 is 2.18 bits per heavy atom. The molecule has 0 atom stereocenters. The molecule has 0 aliphatic carbocycles. The Morgan fingerprint density at radius 1 is 0.864 bits per heavy atom. The Bertz CT molecular complexity index is 549. The first kappa shape index (κ1) is 16.7. The molecule has 0 unspecified atom stereocenters. The molecule has 5 nitrogen and oxygen atoms in total. The lowest BCUT2D eigenvalue weighted by molar-refractivity contribution is 0.537. The zero-order valence-corrected chi connectivity index (χ0v) is 13.8. The summed E-state index contributed by atoms with van der Waals surface area (Å²) in [4.78, 5) is 12.5. The standard InChI is InChI=1S/C17H29N5/c1-2-3-4-5-6-7-8-9-10-11-12-22-14-21-15-16(18)19-13-20-17(15)22/h13-14H,2-12H2,1H3,(H2,18,19,20). The lowest BCUT2D eigenvalue weighted by Crippen LogP contribution is -1.99. The van der Waals surface area contributed by atoms with Crippen molar-refractivity contribution < 1.29 is 0 Å². The minimum atomic E-state index is 0.465. The van der Waals surface area contributed by atoms with E-state index in [0.717, 1.165) is 17.7 Å². The van der Waals surface area contributed by atoms with Gasteiger partial charge >= 0.3 is 0 Å². The summed E-state index contributed by atoms with van der Waals surface area (Å²) in [5.41, 5.74) is 7.36. The number of nitrogens with zero attached hydrogens (tertiary/aromatic N) is 4. The van der Waals surface area contributed by atoms with Gasteiger partial charge in [0.15, 0.2) is 11.5 Å². The first-order chi connectivity index (χ1) is 10.8. The number of rotatable bonds is 11. The van der Waals surface area contributed by atoms with Crippen molar-refractivity contribution in [1.82, 2.24) is 19.5 Å². The maximum atomic E-state index is 5.80. The maximum Gasteiger partial charge on any atom is 0.165 e. The molecule has 0 spiro atoms. The summed E-state index contributed by atoms with van der Waals surface area (Å²) in [5.74, 6) is 0.465. The largest absolute Gasteiger partial charge is 0.382 e. The molecule has 0 saturated heterocycles. The summed E-state index contributed by atoms with van der Waals surface area (Å²) in [6, 6.07) is 0. The van der Waals surface area contributed by atoms with Crippen LogP contribution < -0.4 is 5.73 Å². The third-order valence-corrected chi connectivity index (χ3v) is 4.18. The topological polar surface area (TPSA) is 69.6 Å². The van der Waals surface area contributed by atoms with E-state index in [1.807, 2.05) is 6.33 Å². The Labute approximate surface area is 133 Å². The molecule has 2 aromatic rings. The van der Waals surface area contributed by atoms with Gasteiger partial charge < -0.3 is 10.3 Å². The molecule has 0 fully saturated rings. The molecular weight excluding hydrogens is 274 g/mol. The smallest absolute Gasteiger partial charge is 0.165 e. The molecule has 0 saturated carbocycles. The summed E-state index contributed by atoms with van der Waals surface area (Å²) in [6.45, 7) is 3.23. The number of imidazole rings is 1. The van der Waals surface area contributed by atoms with E-state index < -0.39 is 0 Å². The molecule has 0 bridgehead atoms. The number of anilines is 1. The fraction of sp³-hybridized carbons (Fsp3) is 0.706. The number of fused-ring (bicyclic) bond motifs is 1. The second kappa shape index (κ2) is 9.38. The van der Waals surface area contributed by atoms with Crippen molar-refractivity contribution in [1.29, 1.82) is 0 Å². The van der Waals surface area contributed by atoms with E-state index in [1.165, 1.54) is 70.5 Å². The molecule has 22 heavy (non-hydrogen) atoms. The molecule has 2 aromatic heterocycles. The second-order valence-electron chi connectivity index (χ2n) is 6.05. The van der Waals surface area contributed by atoms with Crippen LogP contribution in [-0.4, -0.2) is 19.5 Å².